The number of halogens is 2. The van der Waals surface area contributed by atoms with Crippen molar-refractivity contribution in [1.29, 1.82) is 0 Å². The quantitative estimate of drug-likeness (QED) is 0.724. The van der Waals surface area contributed by atoms with E-state index in [1.807, 2.05) is 0 Å². The lowest BCUT2D eigenvalue weighted by molar-refractivity contribution is 0.170. The van der Waals surface area contributed by atoms with Crippen LogP contribution in [0, 0.1) is 5.92 Å². The summed E-state index contributed by atoms with van der Waals surface area (Å²) in [7, 11) is -3.61. The van der Waals surface area contributed by atoms with Crippen molar-refractivity contribution in [3.63, 3.8) is 0 Å². The molecule has 112 valence electrons. The smallest absolute Gasteiger partial charge is 0.246 e. The fraction of sp³-hybridized carbons (Fsp3) is 0.500. The molecule has 20 heavy (non-hydrogen) atoms. The van der Waals surface area contributed by atoms with Crippen LogP contribution < -0.4 is 5.73 Å². The van der Waals surface area contributed by atoms with Gasteiger partial charge in [-0.3, -0.25) is 0 Å². The minimum absolute atomic E-state index is 0.109. The zero-order chi connectivity index (χ0) is 14.9. The predicted molar refractivity (Wildman–Crippen MR) is 84.8 cm³/mol. The summed E-state index contributed by atoms with van der Waals surface area (Å²) in [5, 5.41) is 9.12. The van der Waals surface area contributed by atoms with E-state index in [4.69, 9.17) is 10.8 Å². The number of nitrogens with two attached hydrogens (primary N) is 1. The highest BCUT2D eigenvalue weighted by Gasteiger charge is 2.32. The molecule has 0 saturated carbocycles. The summed E-state index contributed by atoms with van der Waals surface area (Å²) in [6.07, 6.45) is 1.34. The Bertz CT molecular complexity index is 576. The topological polar surface area (TPSA) is 83.6 Å². The number of aliphatic hydroxyl groups excluding tert-OH is 1. The van der Waals surface area contributed by atoms with Crippen LogP contribution in [-0.2, 0) is 10.0 Å². The number of nitrogens with zero attached hydrogens (tertiary/aromatic N) is 1. The van der Waals surface area contributed by atoms with Gasteiger partial charge in [-0.1, -0.05) is 15.9 Å². The summed E-state index contributed by atoms with van der Waals surface area (Å²) >= 11 is 6.55. The van der Waals surface area contributed by atoms with Crippen LogP contribution in [0.4, 0.5) is 5.69 Å². The van der Waals surface area contributed by atoms with Gasteiger partial charge in [0.2, 0.25) is 10.0 Å². The Kier molecular flexibility index (Phi) is 5.12. The first-order chi connectivity index (χ1) is 9.36. The standard InChI is InChI=1S/C12H16Br2N2O3S/c13-9-5-10(14)12(11(15)6-9)20(18,19)16-3-1-8(7-17)2-4-16/h5-6,8,17H,1-4,7,15H2. The number of piperidine rings is 1. The number of nitrogen functional groups attached to an aromatic ring is 1. The van der Waals surface area contributed by atoms with Crippen LogP contribution in [-0.4, -0.2) is 37.5 Å². The normalized spacial score (nSPS) is 18.4. The Morgan fingerprint density at radius 2 is 1.90 bits per heavy atom. The highest BCUT2D eigenvalue weighted by atomic mass is 79.9. The molecule has 8 heteroatoms. The Hall–Kier alpha value is -0.150. The molecule has 1 aliphatic heterocycles. The van der Waals surface area contributed by atoms with E-state index in [-0.39, 0.29) is 23.1 Å². The number of rotatable bonds is 3. The lowest BCUT2D eigenvalue weighted by Gasteiger charge is -2.30. The van der Waals surface area contributed by atoms with Gasteiger partial charge < -0.3 is 10.8 Å². The molecule has 0 aliphatic carbocycles. The van der Waals surface area contributed by atoms with Gasteiger partial charge in [-0.2, -0.15) is 4.31 Å². The van der Waals surface area contributed by atoms with Crippen LogP contribution in [0.5, 0.6) is 0 Å². The van der Waals surface area contributed by atoms with Crippen LogP contribution in [0.25, 0.3) is 0 Å². The van der Waals surface area contributed by atoms with E-state index in [1.54, 1.807) is 12.1 Å². The number of aliphatic hydroxyl groups is 1. The first-order valence-electron chi connectivity index (χ1n) is 6.21. The average Bonchev–Trinajstić information content (AvgIpc) is 2.37. The predicted octanol–water partition coefficient (Wildman–Crippen LogP) is 2.19. The zero-order valence-electron chi connectivity index (χ0n) is 10.7. The van der Waals surface area contributed by atoms with Crippen molar-refractivity contribution in [3.05, 3.63) is 21.1 Å². The second-order valence-corrected chi connectivity index (χ2v) is 8.48. The minimum atomic E-state index is -3.61. The van der Waals surface area contributed by atoms with E-state index >= 15 is 0 Å². The average molecular weight is 428 g/mol. The molecule has 0 amide bonds. The summed E-state index contributed by atoms with van der Waals surface area (Å²) in [4.78, 5) is 0.114. The van der Waals surface area contributed by atoms with Crippen LogP contribution >= 0.6 is 31.9 Å². The van der Waals surface area contributed by atoms with Crippen molar-refractivity contribution in [1.82, 2.24) is 4.31 Å². The fourth-order valence-corrected chi connectivity index (χ4v) is 5.80. The Morgan fingerprint density at radius 1 is 1.30 bits per heavy atom. The highest BCUT2D eigenvalue weighted by Crippen LogP contribution is 2.34. The van der Waals surface area contributed by atoms with Gasteiger partial charge >= 0.3 is 0 Å². The molecule has 0 atom stereocenters. The Labute approximate surface area is 135 Å². The number of benzene rings is 1. The summed E-state index contributed by atoms with van der Waals surface area (Å²) in [5.74, 6) is 0.187. The third kappa shape index (κ3) is 3.19. The third-order valence-electron chi connectivity index (χ3n) is 3.47. The van der Waals surface area contributed by atoms with Gasteiger partial charge in [0.1, 0.15) is 4.90 Å². The first-order valence-corrected chi connectivity index (χ1v) is 9.24. The first kappa shape index (κ1) is 16.2. The molecule has 0 bridgehead atoms. The summed E-state index contributed by atoms with van der Waals surface area (Å²) in [5.41, 5.74) is 6.08. The second kappa shape index (κ2) is 6.31. The number of hydrogen-bond acceptors (Lipinski definition) is 4. The molecule has 5 nitrogen and oxygen atoms in total. The summed E-state index contributed by atoms with van der Waals surface area (Å²) < 4.78 is 28.0. The van der Waals surface area contributed by atoms with Crippen LogP contribution in [0.3, 0.4) is 0 Å². The highest BCUT2D eigenvalue weighted by molar-refractivity contribution is 9.11. The summed E-state index contributed by atoms with van der Waals surface area (Å²) in [6.45, 7) is 0.934. The molecule has 2 rings (SSSR count). The Balaban J connectivity index is 2.32. The maximum atomic E-state index is 12.7. The van der Waals surface area contributed by atoms with Gasteiger partial charge in [0, 0.05) is 28.6 Å². The third-order valence-corrected chi connectivity index (χ3v) is 6.83. The van der Waals surface area contributed by atoms with E-state index in [0.29, 0.717) is 30.4 Å². The second-order valence-electron chi connectivity index (χ2n) is 4.84. The van der Waals surface area contributed by atoms with E-state index < -0.39 is 10.0 Å². The van der Waals surface area contributed by atoms with Crippen molar-refractivity contribution in [2.24, 2.45) is 5.92 Å². The van der Waals surface area contributed by atoms with Gasteiger partial charge in [0.25, 0.3) is 0 Å². The minimum Gasteiger partial charge on any atom is -0.398 e. The van der Waals surface area contributed by atoms with Gasteiger partial charge in [-0.25, -0.2) is 8.42 Å². The fourth-order valence-electron chi connectivity index (χ4n) is 2.31. The Morgan fingerprint density at radius 3 is 2.40 bits per heavy atom. The molecule has 1 aromatic rings. The van der Waals surface area contributed by atoms with Crippen molar-refractivity contribution < 1.29 is 13.5 Å². The van der Waals surface area contributed by atoms with Crippen LogP contribution in [0.1, 0.15) is 12.8 Å². The maximum absolute atomic E-state index is 12.7. The van der Waals surface area contributed by atoms with Crippen molar-refractivity contribution in [2.45, 2.75) is 17.7 Å². The van der Waals surface area contributed by atoms with Crippen molar-refractivity contribution in [2.75, 3.05) is 25.4 Å². The molecule has 0 radical (unpaired) electrons. The van der Waals surface area contributed by atoms with Crippen LogP contribution in [0.15, 0.2) is 26.0 Å². The molecule has 3 N–H and O–H groups in total. The summed E-state index contributed by atoms with van der Waals surface area (Å²) in [6, 6.07) is 3.25. The molecular formula is C12H16Br2N2O3S. The lowest BCUT2D eigenvalue weighted by atomic mass is 10.00. The molecule has 0 spiro atoms. The van der Waals surface area contributed by atoms with Crippen LogP contribution in [0.2, 0.25) is 0 Å². The zero-order valence-corrected chi connectivity index (χ0v) is 14.7. The number of anilines is 1. The van der Waals surface area contributed by atoms with Crippen molar-refractivity contribution in [3.8, 4) is 0 Å². The van der Waals surface area contributed by atoms with Gasteiger partial charge in [0.15, 0.2) is 0 Å². The van der Waals surface area contributed by atoms with Gasteiger partial charge in [-0.15, -0.1) is 0 Å². The SMILES string of the molecule is Nc1cc(Br)cc(Br)c1S(=O)(=O)N1CCC(CO)CC1. The molecule has 1 aliphatic rings. The number of hydrogen-bond donors (Lipinski definition) is 2. The molecule has 0 aromatic heterocycles. The molecular weight excluding hydrogens is 412 g/mol. The van der Waals surface area contributed by atoms with E-state index in [2.05, 4.69) is 31.9 Å². The molecule has 0 unspecified atom stereocenters. The monoisotopic (exact) mass is 426 g/mol. The molecule has 1 saturated heterocycles. The molecule has 1 aromatic carbocycles. The molecule has 1 heterocycles. The molecule has 1 fully saturated rings. The van der Waals surface area contributed by atoms with E-state index in [9.17, 15) is 8.42 Å². The van der Waals surface area contributed by atoms with Gasteiger partial charge in [-0.05, 0) is 46.8 Å². The largest absolute Gasteiger partial charge is 0.398 e. The van der Waals surface area contributed by atoms with Crippen molar-refractivity contribution >= 4 is 47.6 Å². The maximum Gasteiger partial charge on any atom is 0.246 e. The van der Waals surface area contributed by atoms with E-state index in [1.165, 1.54) is 4.31 Å². The van der Waals surface area contributed by atoms with Gasteiger partial charge in [0.05, 0.1) is 5.69 Å². The lowest BCUT2D eigenvalue weighted by Crippen LogP contribution is -2.39. The number of sulfonamides is 1. The van der Waals surface area contributed by atoms with E-state index in [0.717, 1.165) is 4.47 Å².